The van der Waals surface area contributed by atoms with E-state index in [0.717, 1.165) is 12.7 Å². The molecule has 0 atom stereocenters. The summed E-state index contributed by atoms with van der Waals surface area (Å²) in [6, 6.07) is 0. The second-order valence-corrected chi connectivity index (χ2v) is 2.18. The summed E-state index contributed by atoms with van der Waals surface area (Å²) < 4.78 is 32.9. The molecule has 0 amide bonds. The summed E-state index contributed by atoms with van der Waals surface area (Å²) in [5, 5.41) is 0. The van der Waals surface area contributed by atoms with Gasteiger partial charge < -0.3 is 4.74 Å². The van der Waals surface area contributed by atoms with Gasteiger partial charge in [0.2, 0.25) is 0 Å². The molecule has 0 aromatic carbocycles. The summed E-state index contributed by atoms with van der Waals surface area (Å²) in [5.74, 6) is 0. The average molecular weight is 192 g/mol. The topological polar surface area (TPSA) is 18.5 Å². The molecule has 0 spiro atoms. The highest BCUT2D eigenvalue weighted by atomic mass is 19.3. The van der Waals surface area contributed by atoms with Crippen molar-refractivity contribution in [3.63, 3.8) is 0 Å². The highest BCUT2D eigenvalue weighted by Gasteiger charge is 2.30. The third-order valence-electron chi connectivity index (χ3n) is 1.08. The van der Waals surface area contributed by atoms with Gasteiger partial charge in [-0.2, -0.15) is 0 Å². The first-order chi connectivity index (χ1) is 6.12. The number of hydrogen-bond acceptors (Lipinski definition) is 2. The molecule has 76 valence electrons. The molecule has 13 heavy (non-hydrogen) atoms. The molecule has 0 unspecified atom stereocenters. The monoisotopic (exact) mass is 192 g/mol. The van der Waals surface area contributed by atoms with Gasteiger partial charge in [0, 0.05) is 0 Å². The van der Waals surface area contributed by atoms with Crippen LogP contribution in [0.25, 0.3) is 0 Å². The van der Waals surface area contributed by atoms with Gasteiger partial charge in [-0.15, -0.1) is 8.78 Å². The maximum atomic E-state index is 12.4. The van der Waals surface area contributed by atoms with Gasteiger partial charge in [0.25, 0.3) is 0 Å². The van der Waals surface area contributed by atoms with E-state index in [9.17, 15) is 8.78 Å². The molecule has 0 fully saturated rings. The van der Waals surface area contributed by atoms with Crippen molar-refractivity contribution in [1.82, 2.24) is 0 Å². The van der Waals surface area contributed by atoms with Gasteiger partial charge in [0.15, 0.2) is 0 Å². The van der Waals surface area contributed by atoms with E-state index < -0.39 is 6.29 Å². The molecule has 0 aromatic rings. The Balaban J connectivity index is 3.72. The van der Waals surface area contributed by atoms with Crippen molar-refractivity contribution in [2.24, 2.45) is 0 Å². The molecule has 0 aliphatic rings. The van der Waals surface area contributed by atoms with Crippen molar-refractivity contribution in [3.8, 4) is 0 Å². The summed E-state index contributed by atoms with van der Waals surface area (Å²) in [7, 11) is 0. The molecule has 0 rings (SSSR count). The zero-order valence-corrected chi connectivity index (χ0v) is 7.80. The van der Waals surface area contributed by atoms with E-state index in [4.69, 9.17) is 0 Å². The second kappa shape index (κ2) is 6.60. The molecule has 0 N–H and O–H groups in total. The van der Waals surface area contributed by atoms with E-state index in [1.54, 1.807) is 6.08 Å². The van der Waals surface area contributed by atoms with Crippen LogP contribution in [0.1, 0.15) is 20.3 Å². The van der Waals surface area contributed by atoms with Crippen LogP contribution < -0.4 is 0 Å². The number of hydrogen-bond donors (Lipinski definition) is 0. The van der Waals surface area contributed by atoms with Crippen LogP contribution in [0.15, 0.2) is 24.5 Å². The van der Waals surface area contributed by atoms with Crippen molar-refractivity contribution in [2.45, 2.75) is 26.6 Å². The fourth-order valence-corrected chi connectivity index (χ4v) is 0.581. The van der Waals surface area contributed by atoms with Crippen LogP contribution in [-0.2, 0) is 9.47 Å². The smallest absolute Gasteiger partial charge is 0.417 e. The Kier molecular flexibility index (Phi) is 6.14. The average Bonchev–Trinajstić information content (AvgIpc) is 2.04. The van der Waals surface area contributed by atoms with Crippen LogP contribution >= 0.6 is 0 Å². The fraction of sp³-hybridized carbons (Fsp3) is 0.556. The predicted octanol–water partition coefficient (Wildman–Crippen LogP) is 3.07. The molecule has 0 aliphatic carbocycles. The Bertz CT molecular complexity index is 176. The second-order valence-electron chi connectivity index (χ2n) is 2.18. The Hall–Kier alpha value is -0.900. The van der Waals surface area contributed by atoms with Crippen molar-refractivity contribution in [2.75, 3.05) is 6.61 Å². The van der Waals surface area contributed by atoms with Crippen molar-refractivity contribution in [3.05, 3.63) is 24.5 Å². The fourth-order valence-electron chi connectivity index (χ4n) is 0.581. The minimum absolute atomic E-state index is 0.0916. The van der Waals surface area contributed by atoms with Crippen molar-refractivity contribution in [1.29, 1.82) is 0 Å². The van der Waals surface area contributed by atoms with E-state index in [1.807, 2.05) is 13.0 Å². The minimum Gasteiger partial charge on any atom is -0.417 e. The zero-order valence-electron chi connectivity index (χ0n) is 7.80. The van der Waals surface area contributed by atoms with Gasteiger partial charge in [0.05, 0.1) is 12.9 Å². The highest BCUT2D eigenvalue weighted by molar-refractivity contribution is 4.99. The summed E-state index contributed by atoms with van der Waals surface area (Å²) in [4.78, 5) is 0. The molecule has 0 aromatic heterocycles. The molecule has 0 aliphatic heterocycles. The van der Waals surface area contributed by atoms with E-state index in [1.165, 1.54) is 13.0 Å². The predicted molar refractivity (Wildman–Crippen MR) is 46.2 cm³/mol. The van der Waals surface area contributed by atoms with Crippen molar-refractivity contribution < 1.29 is 18.3 Å². The number of rotatable bonds is 6. The molecule has 4 heteroatoms. The largest absolute Gasteiger partial charge is 0.534 e. The van der Waals surface area contributed by atoms with Gasteiger partial charge in [-0.25, -0.2) is 0 Å². The van der Waals surface area contributed by atoms with Gasteiger partial charge in [-0.1, -0.05) is 19.1 Å². The van der Waals surface area contributed by atoms with E-state index >= 15 is 0 Å². The highest BCUT2D eigenvalue weighted by Crippen LogP contribution is 2.16. The maximum Gasteiger partial charge on any atom is 0.534 e. The third-order valence-corrected chi connectivity index (χ3v) is 1.08. The Labute approximate surface area is 76.8 Å². The molecule has 0 heterocycles. The minimum atomic E-state index is -3.52. The summed E-state index contributed by atoms with van der Waals surface area (Å²) >= 11 is 0. The molecule has 0 saturated heterocycles. The van der Waals surface area contributed by atoms with E-state index in [-0.39, 0.29) is 6.61 Å². The number of halogens is 2. The Morgan fingerprint density at radius 2 is 1.92 bits per heavy atom. The standard InChI is InChI=1S/C9H14F2O2/c1-3-5-6-7-8-13-9(10,11)12-4-2/h5-8H,3-4H2,1-2H3/b6-5-,8-7+. The van der Waals surface area contributed by atoms with Gasteiger partial charge in [0.1, 0.15) is 0 Å². The lowest BCUT2D eigenvalue weighted by atomic mass is 10.4. The molecule has 0 saturated carbocycles. The van der Waals surface area contributed by atoms with Crippen LogP contribution in [0.4, 0.5) is 8.78 Å². The van der Waals surface area contributed by atoms with Crippen LogP contribution in [0.5, 0.6) is 0 Å². The molecule has 0 bridgehead atoms. The Morgan fingerprint density at radius 3 is 2.46 bits per heavy atom. The summed E-state index contributed by atoms with van der Waals surface area (Å²) in [6.45, 7) is 3.32. The first-order valence-electron chi connectivity index (χ1n) is 4.13. The zero-order chi connectivity index (χ0) is 10.2. The Morgan fingerprint density at radius 1 is 1.23 bits per heavy atom. The van der Waals surface area contributed by atoms with Crippen LogP contribution in [0, 0.1) is 0 Å². The lowest BCUT2D eigenvalue weighted by Gasteiger charge is -2.12. The number of ether oxygens (including phenoxy) is 2. The van der Waals surface area contributed by atoms with Crippen LogP contribution in [0.3, 0.4) is 0 Å². The molecular weight excluding hydrogens is 178 g/mol. The summed E-state index contributed by atoms with van der Waals surface area (Å²) in [6.07, 6.45) is 3.07. The van der Waals surface area contributed by atoms with Crippen LogP contribution in [0.2, 0.25) is 0 Å². The van der Waals surface area contributed by atoms with Gasteiger partial charge in [-0.3, -0.25) is 4.74 Å². The summed E-state index contributed by atoms with van der Waals surface area (Å²) in [5.41, 5.74) is 0. The first kappa shape index (κ1) is 12.1. The lowest BCUT2D eigenvalue weighted by Crippen LogP contribution is -2.22. The van der Waals surface area contributed by atoms with E-state index in [0.29, 0.717) is 0 Å². The molecule has 2 nitrogen and oxygen atoms in total. The number of allylic oxidation sites excluding steroid dienone is 3. The SMILES string of the molecule is CC/C=C\C=C\OC(F)(F)OCC. The maximum absolute atomic E-state index is 12.4. The third kappa shape index (κ3) is 7.46. The molecular formula is C9H14F2O2. The van der Waals surface area contributed by atoms with E-state index in [2.05, 4.69) is 9.47 Å². The van der Waals surface area contributed by atoms with Crippen LogP contribution in [-0.4, -0.2) is 12.9 Å². The molecule has 0 radical (unpaired) electrons. The van der Waals surface area contributed by atoms with Crippen molar-refractivity contribution >= 4 is 0 Å². The van der Waals surface area contributed by atoms with Gasteiger partial charge in [-0.05, 0) is 19.4 Å². The normalized spacial score (nSPS) is 12.9. The lowest BCUT2D eigenvalue weighted by molar-refractivity contribution is -0.370. The van der Waals surface area contributed by atoms with Gasteiger partial charge >= 0.3 is 6.29 Å². The first-order valence-corrected chi connectivity index (χ1v) is 4.13. The quantitative estimate of drug-likeness (QED) is 0.366. The number of alkyl halides is 2.